The van der Waals surface area contributed by atoms with Gasteiger partial charge in [-0.2, -0.15) is 0 Å². The first-order chi connectivity index (χ1) is 7.72. The number of hydrogen-bond donors (Lipinski definition) is 0. The van der Waals surface area contributed by atoms with Gasteiger partial charge in [0.15, 0.2) is 0 Å². The summed E-state index contributed by atoms with van der Waals surface area (Å²) in [4.78, 5) is 22.1. The van der Waals surface area contributed by atoms with Crippen molar-refractivity contribution in [2.24, 2.45) is 5.92 Å². The van der Waals surface area contributed by atoms with Crippen LogP contribution in [0.5, 0.6) is 0 Å². The van der Waals surface area contributed by atoms with Crippen LogP contribution in [0.3, 0.4) is 0 Å². The molecule has 0 N–H and O–H groups in total. The van der Waals surface area contributed by atoms with Gasteiger partial charge in [0.2, 0.25) is 0 Å². The van der Waals surface area contributed by atoms with E-state index in [1.807, 2.05) is 13.0 Å². The second kappa shape index (κ2) is 7.20. The third kappa shape index (κ3) is 5.10. The lowest BCUT2D eigenvalue weighted by molar-refractivity contribution is -0.143. The van der Waals surface area contributed by atoms with Crippen LogP contribution in [0.15, 0.2) is 12.2 Å². The number of carbonyl (C=O) groups excluding carboxylic acids is 2. The van der Waals surface area contributed by atoms with E-state index in [9.17, 15) is 9.59 Å². The number of carbonyl (C=O) groups is 2. The number of esters is 1. The molecule has 0 aliphatic heterocycles. The number of Topliss-reactive ketones (excluding diaryl/α,β-unsaturated/α-hetero) is 1. The Morgan fingerprint density at radius 1 is 1.44 bits per heavy atom. The third-order valence-electron chi connectivity index (χ3n) is 2.82. The van der Waals surface area contributed by atoms with E-state index >= 15 is 0 Å². The average molecular weight is 224 g/mol. The maximum absolute atomic E-state index is 11.0. The van der Waals surface area contributed by atoms with E-state index in [1.165, 1.54) is 0 Å². The summed E-state index contributed by atoms with van der Waals surface area (Å²) in [5.74, 6) is 0.780. The molecular formula is C13H20O3. The van der Waals surface area contributed by atoms with Crippen molar-refractivity contribution in [2.75, 3.05) is 6.61 Å². The SMILES string of the molecule is CCOC(=O)CC/C=C/C1CCC(=O)CC1. The lowest BCUT2D eigenvalue weighted by Gasteiger charge is -2.16. The van der Waals surface area contributed by atoms with E-state index in [1.54, 1.807) is 0 Å². The standard InChI is InChI=1S/C13H20O3/c1-2-16-13(15)6-4-3-5-11-7-9-12(14)10-8-11/h3,5,11H,2,4,6-10H2,1H3/b5-3+. The van der Waals surface area contributed by atoms with E-state index < -0.39 is 0 Å². The molecule has 1 rings (SSSR count). The summed E-state index contributed by atoms with van der Waals surface area (Å²) in [6, 6.07) is 0. The highest BCUT2D eigenvalue weighted by Crippen LogP contribution is 2.22. The Morgan fingerprint density at radius 3 is 2.75 bits per heavy atom. The van der Waals surface area contributed by atoms with E-state index in [0.717, 1.165) is 19.3 Å². The molecule has 1 aliphatic carbocycles. The maximum atomic E-state index is 11.0. The Labute approximate surface area is 96.9 Å². The summed E-state index contributed by atoms with van der Waals surface area (Å²) in [5.41, 5.74) is 0. The van der Waals surface area contributed by atoms with Gasteiger partial charge in [0.25, 0.3) is 0 Å². The molecule has 0 aromatic heterocycles. The van der Waals surface area contributed by atoms with Crippen LogP contribution in [0.25, 0.3) is 0 Å². The van der Waals surface area contributed by atoms with E-state index in [0.29, 0.717) is 37.6 Å². The number of rotatable bonds is 5. The Hall–Kier alpha value is -1.12. The Bertz CT molecular complexity index is 258. The molecule has 90 valence electrons. The highest BCUT2D eigenvalue weighted by Gasteiger charge is 2.15. The van der Waals surface area contributed by atoms with Gasteiger partial charge in [0.1, 0.15) is 5.78 Å². The molecule has 0 radical (unpaired) electrons. The molecule has 0 spiro atoms. The fourth-order valence-electron chi connectivity index (χ4n) is 1.88. The molecule has 1 aliphatic rings. The van der Waals surface area contributed by atoms with Gasteiger partial charge in [-0.25, -0.2) is 0 Å². The Balaban J connectivity index is 2.12. The normalized spacial score (nSPS) is 17.9. The van der Waals surface area contributed by atoms with Gasteiger partial charge in [0.05, 0.1) is 6.61 Å². The third-order valence-corrected chi connectivity index (χ3v) is 2.82. The summed E-state index contributed by atoms with van der Waals surface area (Å²) in [7, 11) is 0. The van der Waals surface area contributed by atoms with Crippen molar-refractivity contribution >= 4 is 11.8 Å². The van der Waals surface area contributed by atoms with Gasteiger partial charge >= 0.3 is 5.97 Å². The van der Waals surface area contributed by atoms with Gasteiger partial charge < -0.3 is 4.74 Å². The molecule has 3 nitrogen and oxygen atoms in total. The first-order valence-corrected chi connectivity index (χ1v) is 6.06. The Morgan fingerprint density at radius 2 is 2.12 bits per heavy atom. The van der Waals surface area contributed by atoms with Crippen LogP contribution in [0.4, 0.5) is 0 Å². The summed E-state index contributed by atoms with van der Waals surface area (Å²) >= 11 is 0. The Kier molecular flexibility index (Phi) is 5.83. The number of allylic oxidation sites excluding steroid dienone is 2. The molecule has 0 aromatic carbocycles. The predicted molar refractivity (Wildman–Crippen MR) is 62.0 cm³/mol. The molecule has 16 heavy (non-hydrogen) atoms. The fourth-order valence-corrected chi connectivity index (χ4v) is 1.88. The van der Waals surface area contributed by atoms with Crippen LogP contribution < -0.4 is 0 Å². The molecular weight excluding hydrogens is 204 g/mol. The first-order valence-electron chi connectivity index (χ1n) is 6.06. The lowest BCUT2D eigenvalue weighted by Crippen LogP contribution is -2.11. The van der Waals surface area contributed by atoms with Crippen molar-refractivity contribution < 1.29 is 14.3 Å². The summed E-state index contributed by atoms with van der Waals surface area (Å²) in [6.45, 7) is 2.26. The molecule has 0 atom stereocenters. The zero-order valence-electron chi connectivity index (χ0n) is 9.91. The van der Waals surface area contributed by atoms with Crippen molar-refractivity contribution in [3.8, 4) is 0 Å². The molecule has 0 aromatic rings. The minimum atomic E-state index is -0.133. The predicted octanol–water partition coefficient (Wildman–Crippen LogP) is 2.65. The van der Waals surface area contributed by atoms with E-state index in [2.05, 4.69) is 6.08 Å². The average Bonchev–Trinajstić information content (AvgIpc) is 2.27. The van der Waals surface area contributed by atoms with Gasteiger partial charge in [-0.1, -0.05) is 12.2 Å². The zero-order chi connectivity index (χ0) is 11.8. The van der Waals surface area contributed by atoms with Crippen molar-refractivity contribution in [1.82, 2.24) is 0 Å². The van der Waals surface area contributed by atoms with Gasteiger partial charge in [-0.3, -0.25) is 9.59 Å². The number of ketones is 1. The largest absolute Gasteiger partial charge is 0.466 e. The molecule has 0 saturated heterocycles. The molecule has 1 saturated carbocycles. The van der Waals surface area contributed by atoms with E-state index in [4.69, 9.17) is 4.74 Å². The highest BCUT2D eigenvalue weighted by atomic mass is 16.5. The molecule has 0 amide bonds. The van der Waals surface area contributed by atoms with Gasteiger partial charge in [-0.05, 0) is 32.1 Å². The van der Waals surface area contributed by atoms with E-state index in [-0.39, 0.29) is 5.97 Å². The zero-order valence-corrected chi connectivity index (χ0v) is 9.91. The summed E-state index contributed by atoms with van der Waals surface area (Å²) in [5, 5.41) is 0. The van der Waals surface area contributed by atoms with Crippen molar-refractivity contribution in [3.63, 3.8) is 0 Å². The monoisotopic (exact) mass is 224 g/mol. The highest BCUT2D eigenvalue weighted by molar-refractivity contribution is 5.79. The molecule has 3 heteroatoms. The van der Waals surface area contributed by atoms with Crippen molar-refractivity contribution in [1.29, 1.82) is 0 Å². The van der Waals surface area contributed by atoms with Crippen LogP contribution >= 0.6 is 0 Å². The lowest BCUT2D eigenvalue weighted by atomic mass is 9.88. The van der Waals surface area contributed by atoms with Crippen molar-refractivity contribution in [2.45, 2.75) is 45.4 Å². The molecule has 1 fully saturated rings. The molecule has 0 heterocycles. The number of ether oxygens (including phenoxy) is 1. The van der Waals surface area contributed by atoms with Crippen LogP contribution in [0.2, 0.25) is 0 Å². The maximum Gasteiger partial charge on any atom is 0.306 e. The first kappa shape index (κ1) is 12.9. The minimum Gasteiger partial charge on any atom is -0.466 e. The second-order valence-corrected chi connectivity index (χ2v) is 4.15. The van der Waals surface area contributed by atoms with Crippen LogP contribution in [-0.4, -0.2) is 18.4 Å². The van der Waals surface area contributed by atoms with Gasteiger partial charge in [-0.15, -0.1) is 0 Å². The van der Waals surface area contributed by atoms with Gasteiger partial charge in [0, 0.05) is 19.3 Å². The van der Waals surface area contributed by atoms with Crippen molar-refractivity contribution in [3.05, 3.63) is 12.2 Å². The quantitative estimate of drug-likeness (QED) is 0.532. The molecule has 0 unspecified atom stereocenters. The van der Waals surface area contributed by atoms with Crippen LogP contribution in [0, 0.1) is 5.92 Å². The summed E-state index contributed by atoms with van der Waals surface area (Å²) in [6.07, 6.45) is 8.74. The van der Waals surface area contributed by atoms with Crippen LogP contribution in [-0.2, 0) is 14.3 Å². The second-order valence-electron chi connectivity index (χ2n) is 4.15. The smallest absolute Gasteiger partial charge is 0.306 e. The topological polar surface area (TPSA) is 43.4 Å². The summed E-state index contributed by atoms with van der Waals surface area (Å²) < 4.78 is 4.83. The minimum absolute atomic E-state index is 0.133. The fraction of sp³-hybridized carbons (Fsp3) is 0.692. The van der Waals surface area contributed by atoms with Crippen LogP contribution in [0.1, 0.15) is 45.4 Å². The molecule has 0 bridgehead atoms. The number of hydrogen-bond acceptors (Lipinski definition) is 3.